The average molecular weight is 402 g/mol. The van der Waals surface area contributed by atoms with E-state index in [1.54, 1.807) is 7.11 Å². The number of ether oxygens (including phenoxy) is 1. The number of benzene rings is 1. The van der Waals surface area contributed by atoms with Crippen LogP contribution in [0.5, 0.6) is 5.75 Å². The van der Waals surface area contributed by atoms with Crippen molar-refractivity contribution in [2.45, 2.75) is 103 Å². The zero-order valence-electron chi connectivity index (χ0n) is 18.9. The molecule has 0 saturated heterocycles. The van der Waals surface area contributed by atoms with Crippen LogP contribution in [0.1, 0.15) is 102 Å². The van der Waals surface area contributed by atoms with Crippen LogP contribution in [-0.2, 0) is 11.3 Å². The maximum Gasteiger partial charge on any atom is 0.220 e. The smallest absolute Gasteiger partial charge is 0.220 e. The topological polar surface area (TPSA) is 38.3 Å². The molecule has 164 valence electrons. The van der Waals surface area contributed by atoms with Crippen molar-refractivity contribution in [3.63, 3.8) is 0 Å². The monoisotopic (exact) mass is 401 g/mol. The van der Waals surface area contributed by atoms with E-state index in [2.05, 4.69) is 24.4 Å². The second kappa shape index (κ2) is 18.3. The van der Waals surface area contributed by atoms with Crippen molar-refractivity contribution in [3.8, 4) is 5.75 Å². The zero-order chi connectivity index (χ0) is 21.0. The molecule has 0 heterocycles. The summed E-state index contributed by atoms with van der Waals surface area (Å²) >= 11 is 0. The highest BCUT2D eigenvalue weighted by atomic mass is 16.5. The van der Waals surface area contributed by atoms with Gasteiger partial charge >= 0.3 is 0 Å². The van der Waals surface area contributed by atoms with Crippen molar-refractivity contribution in [1.29, 1.82) is 0 Å². The number of hydrogen-bond donors (Lipinski definition) is 1. The molecule has 0 aliphatic rings. The number of rotatable bonds is 18. The molecule has 0 aromatic heterocycles. The third-order valence-electron chi connectivity index (χ3n) is 5.29. The lowest BCUT2D eigenvalue weighted by molar-refractivity contribution is -0.121. The minimum Gasteiger partial charge on any atom is -0.497 e. The second-order valence-electron chi connectivity index (χ2n) is 7.96. The summed E-state index contributed by atoms with van der Waals surface area (Å²) in [7, 11) is 1.66. The molecule has 1 aromatic carbocycles. The second-order valence-corrected chi connectivity index (χ2v) is 7.96. The molecular weight excluding hydrogens is 358 g/mol. The van der Waals surface area contributed by atoms with Gasteiger partial charge in [0.05, 0.1) is 7.11 Å². The van der Waals surface area contributed by atoms with Crippen LogP contribution in [0.3, 0.4) is 0 Å². The Morgan fingerprint density at radius 1 is 0.897 bits per heavy atom. The molecule has 1 rings (SSSR count). The molecule has 3 heteroatoms. The number of allylic oxidation sites excluding steroid dienone is 2. The van der Waals surface area contributed by atoms with Crippen LogP contribution in [0.15, 0.2) is 36.4 Å². The lowest BCUT2D eigenvalue weighted by Gasteiger charge is -2.07. The molecule has 3 nitrogen and oxygen atoms in total. The molecule has 0 spiro atoms. The summed E-state index contributed by atoms with van der Waals surface area (Å²) in [5, 5.41) is 3.00. The molecule has 0 unspecified atom stereocenters. The van der Waals surface area contributed by atoms with Gasteiger partial charge in [-0.2, -0.15) is 0 Å². The number of amides is 1. The van der Waals surface area contributed by atoms with Crippen molar-refractivity contribution < 1.29 is 9.53 Å². The Kier molecular flexibility index (Phi) is 15.9. The molecule has 29 heavy (non-hydrogen) atoms. The Hall–Kier alpha value is -1.77. The average Bonchev–Trinajstić information content (AvgIpc) is 2.75. The largest absolute Gasteiger partial charge is 0.497 e. The first kappa shape index (κ1) is 25.3. The van der Waals surface area contributed by atoms with Gasteiger partial charge in [0.2, 0.25) is 5.91 Å². The van der Waals surface area contributed by atoms with Crippen molar-refractivity contribution in [2.75, 3.05) is 7.11 Å². The van der Waals surface area contributed by atoms with E-state index in [1.165, 1.54) is 70.6 Å². The Morgan fingerprint density at radius 3 is 2.17 bits per heavy atom. The summed E-state index contributed by atoms with van der Waals surface area (Å²) in [5.41, 5.74) is 1.07. The minimum atomic E-state index is 0.144. The Labute approximate surface area is 179 Å². The first-order valence-electron chi connectivity index (χ1n) is 11.8. The van der Waals surface area contributed by atoms with Crippen LogP contribution in [0.25, 0.3) is 0 Å². The van der Waals surface area contributed by atoms with Gasteiger partial charge < -0.3 is 10.1 Å². The summed E-state index contributed by atoms with van der Waals surface area (Å²) in [6.45, 7) is 2.84. The van der Waals surface area contributed by atoms with Crippen molar-refractivity contribution in [3.05, 3.63) is 42.0 Å². The van der Waals surface area contributed by atoms with E-state index in [4.69, 9.17) is 4.74 Å². The molecule has 0 bridgehead atoms. The van der Waals surface area contributed by atoms with Gasteiger partial charge in [0.15, 0.2) is 0 Å². The predicted molar refractivity (Wildman–Crippen MR) is 124 cm³/mol. The molecule has 0 aliphatic heterocycles. The Bertz CT molecular complexity index is 553. The molecule has 0 radical (unpaired) electrons. The van der Waals surface area contributed by atoms with E-state index in [0.29, 0.717) is 13.0 Å². The third kappa shape index (κ3) is 14.8. The number of carbonyl (C=O) groups is 1. The van der Waals surface area contributed by atoms with Gasteiger partial charge in [0.1, 0.15) is 5.75 Å². The van der Waals surface area contributed by atoms with E-state index < -0.39 is 0 Å². The number of methoxy groups -OCH3 is 1. The molecule has 0 aliphatic carbocycles. The first-order valence-corrected chi connectivity index (χ1v) is 11.8. The summed E-state index contributed by atoms with van der Waals surface area (Å²) < 4.78 is 5.21. The van der Waals surface area contributed by atoms with Crippen molar-refractivity contribution in [1.82, 2.24) is 5.32 Å². The minimum absolute atomic E-state index is 0.144. The van der Waals surface area contributed by atoms with E-state index in [9.17, 15) is 4.79 Å². The van der Waals surface area contributed by atoms with Crippen molar-refractivity contribution in [2.24, 2.45) is 0 Å². The van der Waals surface area contributed by atoms with Gasteiger partial charge in [-0.05, 0) is 49.8 Å². The van der Waals surface area contributed by atoms with Crippen LogP contribution in [0.4, 0.5) is 0 Å². The summed E-state index contributed by atoms with van der Waals surface area (Å²) in [6.07, 6.45) is 22.0. The predicted octanol–water partition coefficient (Wildman–Crippen LogP) is 7.35. The lowest BCUT2D eigenvalue weighted by atomic mass is 10.1. The van der Waals surface area contributed by atoms with E-state index in [0.717, 1.165) is 24.2 Å². The lowest BCUT2D eigenvalue weighted by Crippen LogP contribution is -2.22. The number of nitrogens with one attached hydrogen (secondary N) is 1. The SMILES string of the molecule is CCCCCCCC/C=C\CCCCCCCC(=O)NCc1cccc(OC)c1. The van der Waals surface area contributed by atoms with Crippen LogP contribution in [0.2, 0.25) is 0 Å². The van der Waals surface area contributed by atoms with Crippen molar-refractivity contribution >= 4 is 5.91 Å². The standard InChI is InChI=1S/C26H43NO2/c1-3-4-5-6-7-8-9-10-11-12-13-14-15-16-17-21-26(28)27-23-24-19-18-20-25(22-24)29-2/h10-11,18-20,22H,3-9,12-17,21,23H2,1-2H3,(H,27,28)/b11-10-. The van der Waals surface area contributed by atoms with Gasteiger partial charge in [0, 0.05) is 13.0 Å². The molecular formula is C26H43NO2. The van der Waals surface area contributed by atoms with Crippen LogP contribution < -0.4 is 10.1 Å². The molecule has 1 aromatic rings. The van der Waals surface area contributed by atoms with Gasteiger partial charge in [0.25, 0.3) is 0 Å². The Balaban J connectivity index is 1.88. The summed E-state index contributed by atoms with van der Waals surface area (Å²) in [5.74, 6) is 0.972. The normalized spacial score (nSPS) is 11.1. The molecule has 1 amide bonds. The van der Waals surface area contributed by atoms with E-state index in [1.807, 2.05) is 24.3 Å². The first-order chi connectivity index (χ1) is 14.3. The van der Waals surface area contributed by atoms with Gasteiger partial charge in [-0.25, -0.2) is 0 Å². The third-order valence-corrected chi connectivity index (χ3v) is 5.29. The van der Waals surface area contributed by atoms with Gasteiger partial charge in [-0.3, -0.25) is 4.79 Å². The van der Waals surface area contributed by atoms with Crippen LogP contribution in [-0.4, -0.2) is 13.0 Å². The van der Waals surface area contributed by atoms with Crippen LogP contribution >= 0.6 is 0 Å². The van der Waals surface area contributed by atoms with Crippen LogP contribution in [0, 0.1) is 0 Å². The van der Waals surface area contributed by atoms with Gasteiger partial charge in [-0.1, -0.05) is 82.6 Å². The molecule has 1 N–H and O–H groups in total. The molecule has 0 fully saturated rings. The summed E-state index contributed by atoms with van der Waals surface area (Å²) in [6, 6.07) is 7.83. The molecule has 0 atom stereocenters. The fraction of sp³-hybridized carbons (Fsp3) is 0.654. The fourth-order valence-electron chi connectivity index (χ4n) is 3.43. The highest BCUT2D eigenvalue weighted by Gasteiger charge is 2.02. The maximum absolute atomic E-state index is 12.0. The Morgan fingerprint density at radius 2 is 1.52 bits per heavy atom. The quantitative estimate of drug-likeness (QED) is 0.206. The highest BCUT2D eigenvalue weighted by molar-refractivity contribution is 5.75. The summed E-state index contributed by atoms with van der Waals surface area (Å²) in [4.78, 5) is 12.0. The number of hydrogen-bond acceptors (Lipinski definition) is 2. The molecule has 0 saturated carbocycles. The highest BCUT2D eigenvalue weighted by Crippen LogP contribution is 2.13. The zero-order valence-corrected chi connectivity index (χ0v) is 18.9. The maximum atomic E-state index is 12.0. The number of unbranched alkanes of at least 4 members (excludes halogenated alkanes) is 11. The van der Waals surface area contributed by atoms with E-state index >= 15 is 0 Å². The fourth-order valence-corrected chi connectivity index (χ4v) is 3.43. The van der Waals surface area contributed by atoms with Gasteiger partial charge in [-0.15, -0.1) is 0 Å². The number of carbonyl (C=O) groups excluding carboxylic acids is 1. The van der Waals surface area contributed by atoms with E-state index in [-0.39, 0.29) is 5.91 Å².